The Morgan fingerprint density at radius 2 is 2.00 bits per heavy atom. The van der Waals surface area contributed by atoms with Crippen LogP contribution >= 0.6 is 12.4 Å². The van der Waals surface area contributed by atoms with Crippen molar-refractivity contribution in [2.75, 3.05) is 5.73 Å². The van der Waals surface area contributed by atoms with Crippen molar-refractivity contribution in [1.29, 1.82) is 0 Å². The van der Waals surface area contributed by atoms with Gasteiger partial charge >= 0.3 is 0 Å². The number of nitrogen functional groups attached to an aromatic ring is 1. The van der Waals surface area contributed by atoms with E-state index in [1.807, 2.05) is 30.3 Å². The molecule has 1 fully saturated rings. The lowest BCUT2D eigenvalue weighted by molar-refractivity contribution is -0.121. The Morgan fingerprint density at radius 1 is 1.22 bits per heavy atom. The lowest BCUT2D eigenvalue weighted by Gasteiger charge is -2.07. The molecule has 0 saturated heterocycles. The number of nitrogens with two attached hydrogens (primary N) is 1. The lowest BCUT2D eigenvalue weighted by atomic mass is 10.1. The van der Waals surface area contributed by atoms with Crippen LogP contribution in [0.4, 0.5) is 10.1 Å². The minimum Gasteiger partial charge on any atom is -0.399 e. The van der Waals surface area contributed by atoms with E-state index in [1.165, 1.54) is 6.07 Å². The molecule has 0 heterocycles. The number of hydrogen-bond donors (Lipinski definition) is 2. The van der Waals surface area contributed by atoms with Crippen LogP contribution in [0.3, 0.4) is 0 Å². The standard InChI is InChI=1S/C18H19FN2O.ClH/c19-14-6-3-5-13(10-14)15-11-17(15)21-18(22)9-8-12-4-1-2-7-16(12)20;/h1-7,10,15,17H,8-9,11,20H2,(H,21,22);1H. The molecule has 0 radical (unpaired) electrons. The van der Waals surface area contributed by atoms with Crippen LogP contribution in [0, 0.1) is 5.82 Å². The van der Waals surface area contributed by atoms with Crippen molar-refractivity contribution in [2.45, 2.75) is 31.2 Å². The van der Waals surface area contributed by atoms with Crippen LogP contribution in [0.2, 0.25) is 0 Å². The van der Waals surface area contributed by atoms with Crippen molar-refractivity contribution in [3.05, 3.63) is 65.5 Å². The van der Waals surface area contributed by atoms with Gasteiger partial charge in [0.15, 0.2) is 0 Å². The number of halogens is 2. The molecule has 5 heteroatoms. The van der Waals surface area contributed by atoms with Crippen LogP contribution in [-0.4, -0.2) is 11.9 Å². The van der Waals surface area contributed by atoms with Crippen LogP contribution in [0.15, 0.2) is 48.5 Å². The van der Waals surface area contributed by atoms with E-state index >= 15 is 0 Å². The highest BCUT2D eigenvalue weighted by Gasteiger charge is 2.39. The molecule has 0 aromatic heterocycles. The number of aryl methyl sites for hydroxylation is 1. The highest BCUT2D eigenvalue weighted by atomic mass is 35.5. The van der Waals surface area contributed by atoms with Gasteiger partial charge in [-0.15, -0.1) is 12.4 Å². The van der Waals surface area contributed by atoms with E-state index in [-0.39, 0.29) is 36.1 Å². The first-order chi connectivity index (χ1) is 10.6. The zero-order valence-corrected chi connectivity index (χ0v) is 13.5. The van der Waals surface area contributed by atoms with Gasteiger partial charge in [0.2, 0.25) is 5.91 Å². The second-order valence-electron chi connectivity index (χ2n) is 5.77. The molecular weight excluding hydrogens is 315 g/mol. The highest BCUT2D eigenvalue weighted by Crippen LogP contribution is 2.40. The summed E-state index contributed by atoms with van der Waals surface area (Å²) in [5, 5.41) is 3.01. The van der Waals surface area contributed by atoms with Crippen LogP contribution in [0.25, 0.3) is 0 Å². The maximum atomic E-state index is 13.2. The summed E-state index contributed by atoms with van der Waals surface area (Å²) < 4.78 is 13.2. The third-order valence-corrected chi connectivity index (χ3v) is 4.09. The zero-order valence-electron chi connectivity index (χ0n) is 12.7. The number of para-hydroxylation sites is 1. The van der Waals surface area contributed by atoms with E-state index < -0.39 is 0 Å². The van der Waals surface area contributed by atoms with Crippen LogP contribution in [-0.2, 0) is 11.2 Å². The predicted octanol–water partition coefficient (Wildman–Crippen LogP) is 3.43. The molecule has 3 rings (SSSR count). The first-order valence-corrected chi connectivity index (χ1v) is 7.51. The summed E-state index contributed by atoms with van der Waals surface area (Å²) >= 11 is 0. The van der Waals surface area contributed by atoms with Crippen molar-refractivity contribution < 1.29 is 9.18 Å². The average Bonchev–Trinajstić information content (AvgIpc) is 3.25. The molecule has 23 heavy (non-hydrogen) atoms. The van der Waals surface area contributed by atoms with Gasteiger partial charge < -0.3 is 11.1 Å². The molecule has 0 spiro atoms. The Balaban J connectivity index is 0.00000192. The summed E-state index contributed by atoms with van der Waals surface area (Å²) in [7, 11) is 0. The molecule has 0 aliphatic heterocycles. The van der Waals surface area contributed by atoms with E-state index in [4.69, 9.17) is 5.73 Å². The Kier molecular flexibility index (Phi) is 5.61. The van der Waals surface area contributed by atoms with Gasteiger partial charge in [0.25, 0.3) is 0 Å². The zero-order chi connectivity index (χ0) is 15.5. The quantitative estimate of drug-likeness (QED) is 0.823. The topological polar surface area (TPSA) is 55.1 Å². The van der Waals surface area contributed by atoms with Gasteiger partial charge in [-0.05, 0) is 42.2 Å². The molecule has 2 aromatic carbocycles. The highest BCUT2D eigenvalue weighted by molar-refractivity contribution is 5.85. The van der Waals surface area contributed by atoms with Gasteiger partial charge in [0, 0.05) is 24.1 Å². The minimum atomic E-state index is -0.228. The first-order valence-electron chi connectivity index (χ1n) is 7.51. The summed E-state index contributed by atoms with van der Waals surface area (Å²) in [5.74, 6) is 0.0302. The molecule has 1 aliphatic carbocycles. The lowest BCUT2D eigenvalue weighted by Crippen LogP contribution is -2.26. The Bertz CT molecular complexity index is 692. The summed E-state index contributed by atoms with van der Waals surface area (Å²) in [5.41, 5.74) is 8.54. The Morgan fingerprint density at radius 3 is 2.74 bits per heavy atom. The Labute approximate surface area is 141 Å². The molecule has 3 N–H and O–H groups in total. The van der Waals surface area contributed by atoms with Gasteiger partial charge in [-0.1, -0.05) is 30.3 Å². The van der Waals surface area contributed by atoms with Crippen molar-refractivity contribution in [2.24, 2.45) is 0 Å². The van der Waals surface area contributed by atoms with E-state index in [1.54, 1.807) is 12.1 Å². The normalized spacial score (nSPS) is 18.8. The van der Waals surface area contributed by atoms with Gasteiger partial charge in [-0.3, -0.25) is 4.79 Å². The van der Waals surface area contributed by atoms with E-state index in [0.717, 1.165) is 23.2 Å². The van der Waals surface area contributed by atoms with E-state index in [2.05, 4.69) is 5.32 Å². The minimum absolute atomic E-state index is 0. The smallest absolute Gasteiger partial charge is 0.220 e. The molecule has 1 saturated carbocycles. The summed E-state index contributed by atoms with van der Waals surface area (Å²) in [4.78, 5) is 12.0. The maximum Gasteiger partial charge on any atom is 0.220 e. The van der Waals surface area contributed by atoms with Crippen molar-refractivity contribution in [3.8, 4) is 0 Å². The number of carbonyl (C=O) groups is 1. The summed E-state index contributed by atoms with van der Waals surface area (Å²) in [6.07, 6.45) is 1.93. The van der Waals surface area contributed by atoms with Crippen LogP contribution in [0.1, 0.15) is 29.9 Å². The average molecular weight is 335 g/mol. The number of carbonyl (C=O) groups excluding carboxylic acids is 1. The fourth-order valence-corrected chi connectivity index (χ4v) is 2.75. The second-order valence-corrected chi connectivity index (χ2v) is 5.77. The fraction of sp³-hybridized carbons (Fsp3) is 0.278. The van der Waals surface area contributed by atoms with E-state index in [0.29, 0.717) is 12.8 Å². The molecular formula is C18H20ClFN2O. The SMILES string of the molecule is Cl.Nc1ccccc1CCC(=O)NC1CC1c1cccc(F)c1. The third-order valence-electron chi connectivity index (χ3n) is 4.09. The number of benzene rings is 2. The van der Waals surface area contributed by atoms with Crippen molar-refractivity contribution in [1.82, 2.24) is 5.32 Å². The fourth-order valence-electron chi connectivity index (χ4n) is 2.75. The van der Waals surface area contributed by atoms with Gasteiger partial charge in [-0.2, -0.15) is 0 Å². The molecule has 1 aliphatic rings. The molecule has 2 atom stereocenters. The number of rotatable bonds is 5. The number of nitrogens with one attached hydrogen (secondary N) is 1. The van der Waals surface area contributed by atoms with Gasteiger partial charge in [0.1, 0.15) is 5.82 Å². The molecule has 1 amide bonds. The Hall–Kier alpha value is -2.07. The van der Waals surface area contributed by atoms with Crippen molar-refractivity contribution in [3.63, 3.8) is 0 Å². The predicted molar refractivity (Wildman–Crippen MR) is 92.1 cm³/mol. The number of amides is 1. The molecule has 3 nitrogen and oxygen atoms in total. The molecule has 2 aromatic rings. The molecule has 0 bridgehead atoms. The molecule has 122 valence electrons. The largest absolute Gasteiger partial charge is 0.399 e. The second kappa shape index (κ2) is 7.47. The monoisotopic (exact) mass is 334 g/mol. The summed E-state index contributed by atoms with van der Waals surface area (Å²) in [6.45, 7) is 0. The van der Waals surface area contributed by atoms with Crippen molar-refractivity contribution >= 4 is 24.0 Å². The molecule has 2 unspecified atom stereocenters. The van der Waals surface area contributed by atoms with Crippen LogP contribution < -0.4 is 11.1 Å². The third kappa shape index (κ3) is 4.45. The van der Waals surface area contributed by atoms with Gasteiger partial charge in [-0.25, -0.2) is 4.39 Å². The summed E-state index contributed by atoms with van der Waals surface area (Å²) in [6, 6.07) is 14.3. The first kappa shape index (κ1) is 17.3. The van der Waals surface area contributed by atoms with E-state index in [9.17, 15) is 9.18 Å². The van der Waals surface area contributed by atoms with Crippen LogP contribution in [0.5, 0.6) is 0 Å². The number of hydrogen-bond acceptors (Lipinski definition) is 2. The number of anilines is 1. The van der Waals surface area contributed by atoms with Gasteiger partial charge in [0.05, 0.1) is 0 Å². The maximum absolute atomic E-state index is 13.2.